The fraction of sp³-hybridized carbons (Fsp3) is 0.0667. The first-order chi connectivity index (χ1) is 9.95. The summed E-state index contributed by atoms with van der Waals surface area (Å²) in [4.78, 5) is 11.4. The number of allylic oxidation sites excluding steroid dienone is 5. The summed E-state index contributed by atoms with van der Waals surface area (Å²) in [5, 5.41) is 12.0. The lowest BCUT2D eigenvalue weighted by Crippen LogP contribution is -2.27. The van der Waals surface area contributed by atoms with E-state index in [1.165, 1.54) is 0 Å². The Morgan fingerprint density at radius 1 is 1.33 bits per heavy atom. The second kappa shape index (κ2) is 6.16. The summed E-state index contributed by atoms with van der Waals surface area (Å²) >= 11 is 12.1. The van der Waals surface area contributed by atoms with Gasteiger partial charge in [0.25, 0.3) is 5.91 Å². The molecule has 0 atom stereocenters. The van der Waals surface area contributed by atoms with Gasteiger partial charge in [-0.05, 0) is 12.1 Å². The molecule has 1 amide bonds. The van der Waals surface area contributed by atoms with Gasteiger partial charge >= 0.3 is 0 Å². The fourth-order valence-electron chi connectivity index (χ4n) is 2.08. The van der Waals surface area contributed by atoms with Crippen LogP contribution < -0.4 is 11.1 Å². The Morgan fingerprint density at radius 2 is 2.05 bits per heavy atom. The normalized spacial score (nSPS) is 16.5. The lowest BCUT2D eigenvalue weighted by atomic mass is 9.90. The topological polar surface area (TPSA) is 79.0 Å². The van der Waals surface area contributed by atoms with Crippen molar-refractivity contribution in [2.75, 3.05) is 7.05 Å². The van der Waals surface area contributed by atoms with Crippen LogP contribution in [0.2, 0.25) is 10.0 Å². The Balaban J connectivity index is 2.53. The molecule has 0 spiro atoms. The van der Waals surface area contributed by atoms with Crippen molar-refractivity contribution in [3.63, 3.8) is 0 Å². The molecule has 0 saturated carbocycles. The number of rotatable bonds is 3. The average molecular weight is 322 g/mol. The number of amides is 1. The van der Waals surface area contributed by atoms with Gasteiger partial charge in [0.1, 0.15) is 5.70 Å². The highest BCUT2D eigenvalue weighted by molar-refractivity contribution is 6.40. The van der Waals surface area contributed by atoms with E-state index < -0.39 is 5.91 Å². The summed E-state index contributed by atoms with van der Waals surface area (Å²) in [6.07, 6.45) is 5.16. The smallest absolute Gasteiger partial charge is 0.265 e. The minimum atomic E-state index is -0.620. The van der Waals surface area contributed by atoms with Crippen LogP contribution in [0.15, 0.2) is 47.7 Å². The third-order valence-corrected chi connectivity index (χ3v) is 3.60. The number of hydrogen-bond donors (Lipinski definition) is 3. The van der Waals surface area contributed by atoms with E-state index in [9.17, 15) is 4.79 Å². The van der Waals surface area contributed by atoms with Gasteiger partial charge in [-0.3, -0.25) is 10.2 Å². The van der Waals surface area contributed by atoms with Gasteiger partial charge in [-0.2, -0.15) is 0 Å². The number of likely N-dealkylation sites (N-methyl/N-ethyl adjacent to an activating group) is 1. The van der Waals surface area contributed by atoms with Crippen molar-refractivity contribution in [2.45, 2.75) is 0 Å². The van der Waals surface area contributed by atoms with Gasteiger partial charge in [-0.25, -0.2) is 0 Å². The highest BCUT2D eigenvalue weighted by Crippen LogP contribution is 2.31. The molecular weight excluding hydrogens is 309 g/mol. The molecule has 4 N–H and O–H groups in total. The Kier molecular flexibility index (Phi) is 4.50. The molecule has 4 nitrogen and oxygen atoms in total. The van der Waals surface area contributed by atoms with E-state index in [0.717, 1.165) is 0 Å². The SMILES string of the molecule is CN/C(C(N)=O)=C1/C=CC=C(c2ccc(Cl)cc2Cl)C1=N. The molecule has 21 heavy (non-hydrogen) atoms. The maximum absolute atomic E-state index is 11.4. The molecule has 6 heteroatoms. The quantitative estimate of drug-likeness (QED) is 0.748. The van der Waals surface area contributed by atoms with Crippen molar-refractivity contribution < 1.29 is 4.79 Å². The minimum absolute atomic E-state index is 0.171. The van der Waals surface area contributed by atoms with Crippen LogP contribution in [0, 0.1) is 5.41 Å². The number of benzene rings is 1. The number of carbonyl (C=O) groups is 1. The second-order valence-corrected chi connectivity index (χ2v) is 5.19. The lowest BCUT2D eigenvalue weighted by molar-refractivity contribution is -0.114. The molecule has 0 bridgehead atoms. The fourth-order valence-corrected chi connectivity index (χ4v) is 2.59. The van der Waals surface area contributed by atoms with Crippen LogP contribution in [-0.4, -0.2) is 18.7 Å². The zero-order valence-corrected chi connectivity index (χ0v) is 12.7. The molecule has 0 radical (unpaired) electrons. The van der Waals surface area contributed by atoms with Gasteiger partial charge in [0, 0.05) is 33.8 Å². The maximum Gasteiger partial charge on any atom is 0.265 e. The Labute approximate surface area is 132 Å². The zero-order chi connectivity index (χ0) is 15.6. The first-order valence-electron chi connectivity index (χ1n) is 6.10. The Hall–Kier alpha value is -2.04. The minimum Gasteiger partial charge on any atom is -0.383 e. The van der Waals surface area contributed by atoms with Gasteiger partial charge in [0.05, 0.1) is 5.71 Å². The molecule has 1 aliphatic rings. The summed E-state index contributed by atoms with van der Waals surface area (Å²) in [6.45, 7) is 0. The van der Waals surface area contributed by atoms with Crippen molar-refractivity contribution >= 4 is 40.4 Å². The summed E-state index contributed by atoms with van der Waals surface area (Å²) in [5.74, 6) is -0.620. The van der Waals surface area contributed by atoms with E-state index in [4.69, 9.17) is 34.3 Å². The number of nitrogens with two attached hydrogens (primary N) is 1. The molecule has 0 aromatic heterocycles. The number of primary amides is 1. The van der Waals surface area contributed by atoms with E-state index in [0.29, 0.717) is 26.8 Å². The number of carbonyl (C=O) groups excluding carboxylic acids is 1. The van der Waals surface area contributed by atoms with E-state index in [1.807, 2.05) is 0 Å². The molecular formula is C15H13Cl2N3O. The Morgan fingerprint density at radius 3 is 2.62 bits per heavy atom. The van der Waals surface area contributed by atoms with E-state index >= 15 is 0 Å². The van der Waals surface area contributed by atoms with E-state index in [1.54, 1.807) is 43.5 Å². The summed E-state index contributed by atoms with van der Waals surface area (Å²) in [5.41, 5.74) is 7.38. The molecule has 0 heterocycles. The zero-order valence-electron chi connectivity index (χ0n) is 11.2. The molecule has 0 saturated heterocycles. The summed E-state index contributed by atoms with van der Waals surface area (Å²) in [6, 6.07) is 5.05. The van der Waals surface area contributed by atoms with Crippen molar-refractivity contribution in [3.8, 4) is 0 Å². The predicted octanol–water partition coefficient (Wildman–Crippen LogP) is 2.93. The molecule has 0 aliphatic heterocycles. The maximum atomic E-state index is 11.4. The second-order valence-electron chi connectivity index (χ2n) is 4.34. The molecule has 1 aromatic carbocycles. The summed E-state index contributed by atoms with van der Waals surface area (Å²) < 4.78 is 0. The van der Waals surface area contributed by atoms with Crippen molar-refractivity contribution in [3.05, 3.63) is 63.3 Å². The van der Waals surface area contributed by atoms with Crippen LogP contribution in [0.3, 0.4) is 0 Å². The van der Waals surface area contributed by atoms with Crippen molar-refractivity contribution in [1.82, 2.24) is 5.32 Å². The monoisotopic (exact) mass is 321 g/mol. The number of halogens is 2. The largest absolute Gasteiger partial charge is 0.383 e. The predicted molar refractivity (Wildman–Crippen MR) is 86.6 cm³/mol. The van der Waals surface area contributed by atoms with Crippen LogP contribution in [0.25, 0.3) is 5.57 Å². The summed E-state index contributed by atoms with van der Waals surface area (Å²) in [7, 11) is 1.58. The first kappa shape index (κ1) is 15.4. The van der Waals surface area contributed by atoms with Crippen molar-refractivity contribution in [2.24, 2.45) is 5.73 Å². The molecule has 0 fully saturated rings. The number of hydrogen-bond acceptors (Lipinski definition) is 3. The van der Waals surface area contributed by atoms with Crippen LogP contribution in [0.1, 0.15) is 5.56 Å². The molecule has 0 unspecified atom stereocenters. The van der Waals surface area contributed by atoms with E-state index in [2.05, 4.69) is 5.32 Å². The molecule has 1 aromatic rings. The van der Waals surface area contributed by atoms with E-state index in [-0.39, 0.29) is 11.4 Å². The Bertz CT molecular complexity index is 718. The van der Waals surface area contributed by atoms with Gasteiger partial charge in [-0.1, -0.05) is 47.5 Å². The molecule has 108 valence electrons. The van der Waals surface area contributed by atoms with Gasteiger partial charge in [0.2, 0.25) is 0 Å². The van der Waals surface area contributed by atoms with Crippen LogP contribution >= 0.6 is 23.2 Å². The van der Waals surface area contributed by atoms with Crippen LogP contribution in [0.5, 0.6) is 0 Å². The molecule has 1 aliphatic carbocycles. The van der Waals surface area contributed by atoms with Gasteiger partial charge < -0.3 is 11.1 Å². The standard InChI is InChI=1S/C15H13Cl2N3O/c1-20-14(15(19)21)11-4-2-3-10(13(11)18)9-6-5-8(16)7-12(9)17/h2-7,18,20H,1H3,(H2,19,21)/b14-11-,18-13?. The van der Waals surface area contributed by atoms with Gasteiger partial charge in [0.15, 0.2) is 0 Å². The molecule has 2 rings (SSSR count). The third-order valence-electron chi connectivity index (χ3n) is 3.05. The average Bonchev–Trinajstić information content (AvgIpc) is 2.42. The van der Waals surface area contributed by atoms with Crippen LogP contribution in [-0.2, 0) is 4.79 Å². The van der Waals surface area contributed by atoms with Gasteiger partial charge in [-0.15, -0.1) is 0 Å². The van der Waals surface area contributed by atoms with Crippen molar-refractivity contribution in [1.29, 1.82) is 5.41 Å². The first-order valence-corrected chi connectivity index (χ1v) is 6.86. The number of nitrogens with one attached hydrogen (secondary N) is 2. The third kappa shape index (κ3) is 3.01. The van der Waals surface area contributed by atoms with Crippen LogP contribution in [0.4, 0.5) is 0 Å². The highest BCUT2D eigenvalue weighted by Gasteiger charge is 2.21. The highest BCUT2D eigenvalue weighted by atomic mass is 35.5. The lowest BCUT2D eigenvalue weighted by Gasteiger charge is -2.17.